The first-order valence-corrected chi connectivity index (χ1v) is 7.06. The molecule has 0 unspecified atom stereocenters. The molecule has 0 aliphatic carbocycles. The zero-order valence-corrected chi connectivity index (χ0v) is 11.7. The molecular formula is C17H17N3O. The van der Waals surface area contributed by atoms with Gasteiger partial charge in [0.1, 0.15) is 6.07 Å². The van der Waals surface area contributed by atoms with E-state index in [1.807, 2.05) is 36.4 Å². The number of benzene rings is 2. The van der Waals surface area contributed by atoms with Crippen LogP contribution in [0.4, 0.5) is 17.1 Å². The van der Waals surface area contributed by atoms with Crippen LogP contribution < -0.4 is 10.2 Å². The van der Waals surface area contributed by atoms with Crippen molar-refractivity contribution in [1.29, 1.82) is 5.26 Å². The molecule has 21 heavy (non-hydrogen) atoms. The fraction of sp³-hybridized carbons (Fsp3) is 0.235. The van der Waals surface area contributed by atoms with Crippen LogP contribution in [0, 0.1) is 11.3 Å². The molecule has 2 aromatic rings. The minimum Gasteiger partial charge on any atom is -0.378 e. The molecule has 0 atom stereocenters. The van der Waals surface area contributed by atoms with Crippen molar-refractivity contribution < 1.29 is 4.74 Å². The largest absolute Gasteiger partial charge is 0.378 e. The van der Waals surface area contributed by atoms with Crippen molar-refractivity contribution in [1.82, 2.24) is 0 Å². The Labute approximate surface area is 124 Å². The number of nitriles is 1. The van der Waals surface area contributed by atoms with Gasteiger partial charge < -0.3 is 15.0 Å². The fourth-order valence-electron chi connectivity index (χ4n) is 2.42. The SMILES string of the molecule is N#Cc1ccccc1Nc1ccc(N2CCOCC2)cc1. The Balaban J connectivity index is 1.74. The van der Waals surface area contributed by atoms with Crippen molar-refractivity contribution in [2.75, 3.05) is 36.5 Å². The van der Waals surface area contributed by atoms with Crippen LogP contribution in [0.25, 0.3) is 0 Å². The number of para-hydroxylation sites is 1. The Morgan fingerprint density at radius 3 is 2.43 bits per heavy atom. The van der Waals surface area contributed by atoms with Gasteiger partial charge in [-0.2, -0.15) is 5.26 Å². The van der Waals surface area contributed by atoms with Gasteiger partial charge in [-0.15, -0.1) is 0 Å². The maximum Gasteiger partial charge on any atom is 0.101 e. The zero-order chi connectivity index (χ0) is 14.5. The maximum atomic E-state index is 9.10. The molecule has 1 saturated heterocycles. The lowest BCUT2D eigenvalue weighted by Gasteiger charge is -2.29. The summed E-state index contributed by atoms with van der Waals surface area (Å²) in [6.45, 7) is 3.44. The summed E-state index contributed by atoms with van der Waals surface area (Å²) in [6.07, 6.45) is 0. The van der Waals surface area contributed by atoms with Crippen LogP contribution in [-0.4, -0.2) is 26.3 Å². The number of nitrogens with one attached hydrogen (secondary N) is 1. The summed E-state index contributed by atoms with van der Waals surface area (Å²) in [6, 6.07) is 18.0. The molecule has 1 N–H and O–H groups in total. The van der Waals surface area contributed by atoms with Crippen molar-refractivity contribution in [3.8, 4) is 6.07 Å². The van der Waals surface area contributed by atoms with E-state index < -0.39 is 0 Å². The lowest BCUT2D eigenvalue weighted by atomic mass is 10.2. The van der Waals surface area contributed by atoms with E-state index >= 15 is 0 Å². The van der Waals surface area contributed by atoms with Crippen molar-refractivity contribution in [2.45, 2.75) is 0 Å². The summed E-state index contributed by atoms with van der Waals surface area (Å²) in [4.78, 5) is 2.32. The molecule has 1 aliphatic rings. The minimum absolute atomic E-state index is 0.648. The van der Waals surface area contributed by atoms with E-state index in [-0.39, 0.29) is 0 Å². The number of nitrogens with zero attached hydrogens (tertiary/aromatic N) is 2. The second kappa shape index (κ2) is 6.29. The molecule has 106 valence electrons. The molecular weight excluding hydrogens is 262 g/mol. The number of hydrogen-bond acceptors (Lipinski definition) is 4. The molecule has 1 aliphatic heterocycles. The third-order valence-corrected chi connectivity index (χ3v) is 3.57. The highest BCUT2D eigenvalue weighted by molar-refractivity contribution is 5.67. The quantitative estimate of drug-likeness (QED) is 0.937. The summed E-state index contributed by atoms with van der Waals surface area (Å²) in [5.74, 6) is 0. The monoisotopic (exact) mass is 279 g/mol. The van der Waals surface area contributed by atoms with Gasteiger partial charge in [-0.05, 0) is 36.4 Å². The van der Waals surface area contributed by atoms with E-state index in [0.29, 0.717) is 5.56 Å². The Morgan fingerprint density at radius 1 is 1.00 bits per heavy atom. The van der Waals surface area contributed by atoms with Gasteiger partial charge in [0.05, 0.1) is 24.5 Å². The molecule has 4 nitrogen and oxygen atoms in total. The molecule has 4 heteroatoms. The third kappa shape index (κ3) is 3.15. The van der Waals surface area contributed by atoms with E-state index in [2.05, 4.69) is 28.4 Å². The first-order chi connectivity index (χ1) is 10.4. The highest BCUT2D eigenvalue weighted by Gasteiger charge is 2.10. The minimum atomic E-state index is 0.648. The second-order valence-corrected chi connectivity index (χ2v) is 4.93. The normalized spacial score (nSPS) is 14.5. The van der Waals surface area contributed by atoms with Crippen LogP contribution >= 0.6 is 0 Å². The van der Waals surface area contributed by atoms with E-state index in [1.165, 1.54) is 5.69 Å². The molecule has 0 spiro atoms. The third-order valence-electron chi connectivity index (χ3n) is 3.57. The molecule has 0 aromatic heterocycles. The Hall–Kier alpha value is -2.51. The second-order valence-electron chi connectivity index (χ2n) is 4.93. The predicted octanol–water partition coefficient (Wildman–Crippen LogP) is 3.14. The number of anilines is 3. The number of morpholine rings is 1. The highest BCUT2D eigenvalue weighted by Crippen LogP contribution is 2.23. The summed E-state index contributed by atoms with van der Waals surface area (Å²) in [5.41, 5.74) is 3.67. The summed E-state index contributed by atoms with van der Waals surface area (Å²) in [7, 11) is 0. The standard InChI is InChI=1S/C17H17N3O/c18-13-14-3-1-2-4-17(14)19-15-5-7-16(8-6-15)20-9-11-21-12-10-20/h1-8,19H,9-12H2. The molecule has 1 heterocycles. The average molecular weight is 279 g/mol. The van der Waals surface area contributed by atoms with Gasteiger partial charge in [0, 0.05) is 24.5 Å². The predicted molar refractivity (Wildman–Crippen MR) is 83.9 cm³/mol. The Kier molecular flexibility index (Phi) is 4.04. The molecule has 0 saturated carbocycles. The van der Waals surface area contributed by atoms with Gasteiger partial charge in [0.2, 0.25) is 0 Å². The van der Waals surface area contributed by atoms with Gasteiger partial charge in [-0.25, -0.2) is 0 Å². The highest BCUT2D eigenvalue weighted by atomic mass is 16.5. The van der Waals surface area contributed by atoms with Crippen molar-refractivity contribution in [3.63, 3.8) is 0 Å². The molecule has 3 rings (SSSR count). The van der Waals surface area contributed by atoms with Crippen molar-refractivity contribution in [2.24, 2.45) is 0 Å². The molecule has 0 bridgehead atoms. The topological polar surface area (TPSA) is 48.3 Å². The summed E-state index contributed by atoms with van der Waals surface area (Å²) < 4.78 is 5.36. The molecule has 2 aromatic carbocycles. The first kappa shape index (κ1) is 13.5. The van der Waals surface area contributed by atoms with Gasteiger partial charge in [-0.1, -0.05) is 12.1 Å². The van der Waals surface area contributed by atoms with E-state index in [4.69, 9.17) is 10.00 Å². The lowest BCUT2D eigenvalue weighted by molar-refractivity contribution is 0.122. The average Bonchev–Trinajstić information content (AvgIpc) is 2.57. The van der Waals surface area contributed by atoms with Gasteiger partial charge in [0.25, 0.3) is 0 Å². The van der Waals surface area contributed by atoms with E-state index in [0.717, 1.165) is 37.7 Å². The van der Waals surface area contributed by atoms with E-state index in [1.54, 1.807) is 0 Å². The maximum absolute atomic E-state index is 9.10. The van der Waals surface area contributed by atoms with Gasteiger partial charge in [-0.3, -0.25) is 0 Å². The van der Waals surface area contributed by atoms with Crippen LogP contribution in [0.2, 0.25) is 0 Å². The lowest BCUT2D eigenvalue weighted by Crippen LogP contribution is -2.36. The van der Waals surface area contributed by atoms with Gasteiger partial charge in [0.15, 0.2) is 0 Å². The summed E-state index contributed by atoms with van der Waals surface area (Å²) in [5, 5.41) is 12.4. The van der Waals surface area contributed by atoms with Crippen molar-refractivity contribution in [3.05, 3.63) is 54.1 Å². The van der Waals surface area contributed by atoms with E-state index in [9.17, 15) is 0 Å². The molecule has 1 fully saturated rings. The van der Waals surface area contributed by atoms with Crippen molar-refractivity contribution >= 4 is 17.1 Å². The van der Waals surface area contributed by atoms with Crippen LogP contribution in [-0.2, 0) is 4.74 Å². The van der Waals surface area contributed by atoms with Crippen LogP contribution in [0.5, 0.6) is 0 Å². The number of rotatable bonds is 3. The Morgan fingerprint density at radius 2 is 1.71 bits per heavy atom. The summed E-state index contributed by atoms with van der Waals surface area (Å²) >= 11 is 0. The number of ether oxygens (including phenoxy) is 1. The van der Waals surface area contributed by atoms with Gasteiger partial charge >= 0.3 is 0 Å². The Bertz CT molecular complexity index is 640. The van der Waals surface area contributed by atoms with Crippen LogP contribution in [0.15, 0.2) is 48.5 Å². The van der Waals surface area contributed by atoms with Crippen LogP contribution in [0.1, 0.15) is 5.56 Å². The first-order valence-electron chi connectivity index (χ1n) is 7.06. The fourth-order valence-corrected chi connectivity index (χ4v) is 2.42. The number of hydrogen-bond donors (Lipinski definition) is 1. The van der Waals surface area contributed by atoms with Crippen LogP contribution in [0.3, 0.4) is 0 Å². The smallest absolute Gasteiger partial charge is 0.101 e. The molecule has 0 radical (unpaired) electrons. The zero-order valence-electron chi connectivity index (χ0n) is 11.7. The molecule has 0 amide bonds.